The molecular weight excluding hydrogens is 555 g/mol. The lowest BCUT2D eigenvalue weighted by Crippen LogP contribution is -2.44. The molecule has 2 aliphatic rings. The molecule has 3 aromatic rings. The number of carbonyl (C=O) groups is 3. The van der Waals surface area contributed by atoms with Crippen molar-refractivity contribution in [2.75, 3.05) is 32.0 Å². The van der Waals surface area contributed by atoms with Crippen LogP contribution in [0.15, 0.2) is 53.3 Å². The Morgan fingerprint density at radius 3 is 2.76 bits per heavy atom. The van der Waals surface area contributed by atoms with E-state index >= 15 is 0 Å². The Morgan fingerprint density at radius 2 is 2.05 bits per heavy atom. The van der Waals surface area contributed by atoms with Gasteiger partial charge in [0.1, 0.15) is 29.2 Å². The summed E-state index contributed by atoms with van der Waals surface area (Å²) < 4.78 is 16.6. The van der Waals surface area contributed by atoms with Crippen molar-refractivity contribution in [1.29, 1.82) is 0 Å². The van der Waals surface area contributed by atoms with Crippen molar-refractivity contribution in [3.63, 3.8) is 0 Å². The highest BCUT2D eigenvalue weighted by atomic mass is 79.9. The third-order valence-corrected chi connectivity index (χ3v) is 7.52. The summed E-state index contributed by atoms with van der Waals surface area (Å²) in [5.41, 5.74) is 8.86. The maximum Gasteiger partial charge on any atom is 0.250 e. The van der Waals surface area contributed by atoms with Gasteiger partial charge in [0, 0.05) is 36.6 Å². The molecule has 0 aliphatic carbocycles. The second-order valence-electron chi connectivity index (χ2n) is 9.74. The number of nitrogens with zero attached hydrogens (tertiary/aromatic N) is 4. The van der Waals surface area contributed by atoms with Gasteiger partial charge in [0.25, 0.3) is 5.91 Å². The average Bonchev–Trinajstić information content (AvgIpc) is 3.45. The van der Waals surface area contributed by atoms with E-state index < -0.39 is 29.9 Å². The van der Waals surface area contributed by atoms with Crippen LogP contribution in [-0.2, 0) is 16.1 Å². The largest absolute Gasteiger partial charge is 0.366 e. The fourth-order valence-corrected chi connectivity index (χ4v) is 5.43. The Labute approximate surface area is 227 Å². The molecule has 1 aromatic carbocycles. The summed E-state index contributed by atoms with van der Waals surface area (Å²) >= 11 is 3.25. The molecule has 4 heterocycles. The first-order valence-electron chi connectivity index (χ1n) is 12.4. The van der Waals surface area contributed by atoms with Crippen molar-refractivity contribution in [2.45, 2.75) is 31.6 Å². The lowest BCUT2D eigenvalue weighted by atomic mass is 9.97. The van der Waals surface area contributed by atoms with Crippen LogP contribution in [0.25, 0.3) is 16.5 Å². The number of nitrogens with two attached hydrogens (primary N) is 1. The van der Waals surface area contributed by atoms with Crippen LogP contribution < -0.4 is 11.1 Å². The van der Waals surface area contributed by atoms with Crippen LogP contribution in [0.2, 0.25) is 0 Å². The van der Waals surface area contributed by atoms with Gasteiger partial charge in [-0.25, -0.2) is 9.37 Å². The summed E-state index contributed by atoms with van der Waals surface area (Å²) in [6, 6.07) is 9.85. The van der Waals surface area contributed by atoms with E-state index in [1.807, 2.05) is 18.2 Å². The number of halogens is 2. The van der Waals surface area contributed by atoms with Gasteiger partial charge in [0.15, 0.2) is 0 Å². The summed E-state index contributed by atoms with van der Waals surface area (Å²) in [6.45, 7) is 1.45. The zero-order valence-corrected chi connectivity index (χ0v) is 22.4. The monoisotopic (exact) mass is 582 g/mol. The predicted octanol–water partition coefficient (Wildman–Crippen LogP) is 3.19. The van der Waals surface area contributed by atoms with Crippen LogP contribution >= 0.6 is 15.9 Å². The normalized spacial score (nSPS) is 20.0. The average molecular weight is 583 g/mol. The first-order valence-corrected chi connectivity index (χ1v) is 13.2. The number of rotatable bonds is 6. The molecule has 9 nitrogen and oxygen atoms in total. The molecule has 1 saturated heterocycles. The van der Waals surface area contributed by atoms with Crippen LogP contribution in [0.4, 0.5) is 10.2 Å². The van der Waals surface area contributed by atoms with Gasteiger partial charge < -0.3 is 25.4 Å². The molecule has 3 N–H and O–H groups in total. The number of hydrogen-bond acceptors (Lipinski definition) is 5. The van der Waals surface area contributed by atoms with Crippen LogP contribution in [0.1, 0.15) is 28.8 Å². The van der Waals surface area contributed by atoms with E-state index in [-0.39, 0.29) is 19.5 Å². The highest BCUT2D eigenvalue weighted by Gasteiger charge is 2.40. The summed E-state index contributed by atoms with van der Waals surface area (Å²) in [4.78, 5) is 46.2. The summed E-state index contributed by atoms with van der Waals surface area (Å²) in [5.74, 6) is -1.23. The molecule has 5 rings (SSSR count). The van der Waals surface area contributed by atoms with Crippen molar-refractivity contribution >= 4 is 55.9 Å². The third kappa shape index (κ3) is 5.34. The van der Waals surface area contributed by atoms with Gasteiger partial charge in [-0.2, -0.15) is 0 Å². The molecule has 38 heavy (non-hydrogen) atoms. The Hall–Kier alpha value is -3.57. The van der Waals surface area contributed by atoms with E-state index in [4.69, 9.17) is 5.73 Å². The maximum atomic E-state index is 14.4. The number of hydrogen-bond donors (Lipinski definition) is 2. The number of likely N-dealkylation sites (tertiary alicyclic amines) is 1. The minimum absolute atomic E-state index is 0.0990. The Morgan fingerprint density at radius 1 is 1.24 bits per heavy atom. The number of aromatic nitrogens is 2. The van der Waals surface area contributed by atoms with Gasteiger partial charge in [0.05, 0.1) is 12.1 Å². The van der Waals surface area contributed by atoms with Crippen LogP contribution in [0, 0.1) is 0 Å². The quantitative estimate of drug-likeness (QED) is 0.433. The van der Waals surface area contributed by atoms with Crippen LogP contribution in [-0.4, -0.2) is 76.0 Å². The highest BCUT2D eigenvalue weighted by Crippen LogP contribution is 2.29. The smallest absolute Gasteiger partial charge is 0.250 e. The van der Waals surface area contributed by atoms with E-state index in [1.54, 1.807) is 29.0 Å². The molecule has 0 spiro atoms. The number of pyridine rings is 1. The molecule has 1 fully saturated rings. The Bertz CT molecular complexity index is 1450. The van der Waals surface area contributed by atoms with Crippen LogP contribution in [0.5, 0.6) is 0 Å². The number of amides is 3. The zero-order chi connectivity index (χ0) is 27.0. The minimum atomic E-state index is -1.32. The highest BCUT2D eigenvalue weighted by molar-refractivity contribution is 9.10. The zero-order valence-electron chi connectivity index (χ0n) is 20.9. The van der Waals surface area contributed by atoms with Crippen molar-refractivity contribution in [2.24, 2.45) is 5.73 Å². The number of fused-ring (bicyclic) bond motifs is 1. The molecule has 0 saturated carbocycles. The Balaban J connectivity index is 1.39. The Kier molecular flexibility index (Phi) is 7.31. The van der Waals surface area contributed by atoms with Gasteiger partial charge in [-0.3, -0.25) is 14.4 Å². The van der Waals surface area contributed by atoms with E-state index in [9.17, 15) is 18.8 Å². The first-order chi connectivity index (χ1) is 18.2. The van der Waals surface area contributed by atoms with Crippen molar-refractivity contribution in [1.82, 2.24) is 19.4 Å². The number of likely N-dealkylation sites (N-methyl/N-ethyl adjacent to an activating group) is 1. The van der Waals surface area contributed by atoms with Gasteiger partial charge >= 0.3 is 0 Å². The molecule has 2 atom stereocenters. The van der Waals surface area contributed by atoms with Crippen molar-refractivity contribution < 1.29 is 18.8 Å². The summed E-state index contributed by atoms with van der Waals surface area (Å²) in [6.07, 6.45) is 3.20. The van der Waals surface area contributed by atoms with Crippen molar-refractivity contribution in [3.8, 4) is 0 Å². The molecule has 198 valence electrons. The lowest BCUT2D eigenvalue weighted by Gasteiger charge is -2.24. The fourth-order valence-electron chi connectivity index (χ4n) is 5.09. The molecule has 0 bridgehead atoms. The molecule has 2 aromatic heterocycles. The number of anilines is 1. The molecule has 2 aliphatic heterocycles. The van der Waals surface area contributed by atoms with Gasteiger partial charge in [-0.05, 0) is 64.8 Å². The fraction of sp³-hybridized carbons (Fsp3) is 0.333. The molecule has 11 heteroatoms. The van der Waals surface area contributed by atoms with Crippen molar-refractivity contribution in [3.05, 3.63) is 64.4 Å². The molecule has 0 unspecified atom stereocenters. The first kappa shape index (κ1) is 26.1. The summed E-state index contributed by atoms with van der Waals surface area (Å²) in [5, 5.41) is 3.32. The number of nitrogens with one attached hydrogen (secondary N) is 1. The van der Waals surface area contributed by atoms with Crippen LogP contribution in [0.3, 0.4) is 0 Å². The predicted molar refractivity (Wildman–Crippen MR) is 146 cm³/mol. The minimum Gasteiger partial charge on any atom is -0.366 e. The lowest BCUT2D eigenvalue weighted by molar-refractivity contribution is -0.137. The maximum absolute atomic E-state index is 14.4. The SMILES string of the molecule is CN1CC=C(c2ccc3c(c2)c(C(N)=O)cn3CC(=O)N2C[C@H](F)C[C@H]2C(=O)Nc2cccc(Br)n2)CC1. The number of primary amides is 1. The number of carbonyl (C=O) groups excluding carboxylic acids is 3. The van der Waals surface area contributed by atoms with E-state index in [0.29, 0.717) is 26.9 Å². The van der Waals surface area contributed by atoms with Gasteiger partial charge in [0.2, 0.25) is 11.8 Å². The second-order valence-corrected chi connectivity index (χ2v) is 10.6. The van der Waals surface area contributed by atoms with E-state index in [2.05, 4.69) is 44.3 Å². The number of benzene rings is 1. The summed E-state index contributed by atoms with van der Waals surface area (Å²) in [7, 11) is 2.07. The standard InChI is InChI=1S/C27H28BrFN6O3/c1-33-9-7-16(8-10-33)17-5-6-21-19(11-17)20(26(30)37)14-34(21)15-25(36)35-13-18(29)12-22(35)27(38)32-24-4-2-3-23(28)31-24/h2-7,11,14,18,22H,8-10,12-13,15H2,1H3,(H2,30,37)(H,31,32,38)/t18-,22+/m1/s1. The topological polar surface area (TPSA) is 114 Å². The second kappa shape index (κ2) is 10.7. The van der Waals surface area contributed by atoms with E-state index in [1.165, 1.54) is 10.5 Å². The number of alkyl halides is 1. The third-order valence-electron chi connectivity index (χ3n) is 7.07. The molecule has 3 amide bonds. The van der Waals surface area contributed by atoms with Gasteiger partial charge in [-0.15, -0.1) is 0 Å². The van der Waals surface area contributed by atoms with Gasteiger partial charge in [-0.1, -0.05) is 18.2 Å². The van der Waals surface area contributed by atoms with E-state index in [0.717, 1.165) is 25.1 Å². The molecule has 0 radical (unpaired) electrons. The molecular formula is C27H28BrFN6O3.